The standard InChI is InChI=1S/C13H8O5/c14-6-1-4-10-7(5-6)12(17)11-8(15)2-3-9(16)13(11)18-10/h1-5,14-16H. The van der Waals surface area contributed by atoms with Crippen molar-refractivity contribution >= 4 is 21.9 Å². The Morgan fingerprint density at radius 2 is 1.67 bits per heavy atom. The van der Waals surface area contributed by atoms with Gasteiger partial charge in [0.05, 0.1) is 5.39 Å². The molecule has 0 saturated carbocycles. The zero-order valence-electron chi connectivity index (χ0n) is 9.04. The van der Waals surface area contributed by atoms with Crippen LogP contribution in [0.1, 0.15) is 0 Å². The van der Waals surface area contributed by atoms with Gasteiger partial charge in [0.1, 0.15) is 22.5 Å². The maximum absolute atomic E-state index is 12.2. The summed E-state index contributed by atoms with van der Waals surface area (Å²) in [6.45, 7) is 0. The predicted octanol–water partition coefficient (Wildman–Crippen LogP) is 2.06. The molecule has 0 atom stereocenters. The number of phenols is 3. The summed E-state index contributed by atoms with van der Waals surface area (Å²) in [5.41, 5.74) is -0.347. The Kier molecular flexibility index (Phi) is 1.98. The highest BCUT2D eigenvalue weighted by atomic mass is 16.4. The van der Waals surface area contributed by atoms with Crippen LogP contribution in [-0.4, -0.2) is 15.3 Å². The van der Waals surface area contributed by atoms with Crippen LogP contribution in [0, 0.1) is 0 Å². The van der Waals surface area contributed by atoms with Crippen molar-refractivity contribution in [2.24, 2.45) is 0 Å². The third-order valence-electron chi connectivity index (χ3n) is 2.76. The highest BCUT2D eigenvalue weighted by Crippen LogP contribution is 2.32. The van der Waals surface area contributed by atoms with Gasteiger partial charge in [0.15, 0.2) is 11.3 Å². The Hall–Kier alpha value is -2.69. The van der Waals surface area contributed by atoms with Gasteiger partial charge in [-0.15, -0.1) is 0 Å². The SMILES string of the molecule is O=c1c2cc(O)ccc2oc2c(O)ccc(O)c12. The van der Waals surface area contributed by atoms with Crippen LogP contribution in [0.3, 0.4) is 0 Å². The number of hydrogen-bond acceptors (Lipinski definition) is 5. The summed E-state index contributed by atoms with van der Waals surface area (Å²) in [4.78, 5) is 12.2. The van der Waals surface area contributed by atoms with Gasteiger partial charge in [-0.05, 0) is 30.3 Å². The van der Waals surface area contributed by atoms with E-state index >= 15 is 0 Å². The highest BCUT2D eigenvalue weighted by Gasteiger charge is 2.14. The van der Waals surface area contributed by atoms with Crippen LogP contribution >= 0.6 is 0 Å². The molecule has 2 aromatic carbocycles. The fourth-order valence-corrected chi connectivity index (χ4v) is 1.91. The Labute approximate surface area is 100 Å². The van der Waals surface area contributed by atoms with Crippen molar-refractivity contribution in [3.63, 3.8) is 0 Å². The average molecular weight is 244 g/mol. The van der Waals surface area contributed by atoms with E-state index in [0.29, 0.717) is 0 Å². The van der Waals surface area contributed by atoms with Crippen molar-refractivity contribution in [1.82, 2.24) is 0 Å². The van der Waals surface area contributed by atoms with Crippen molar-refractivity contribution < 1.29 is 19.7 Å². The van der Waals surface area contributed by atoms with Gasteiger partial charge in [0.2, 0.25) is 5.43 Å². The summed E-state index contributed by atoms with van der Waals surface area (Å²) in [7, 11) is 0. The molecule has 5 heteroatoms. The fourth-order valence-electron chi connectivity index (χ4n) is 1.91. The number of fused-ring (bicyclic) bond motifs is 2. The molecule has 0 radical (unpaired) electrons. The molecule has 0 aliphatic rings. The van der Waals surface area contributed by atoms with E-state index in [0.717, 1.165) is 0 Å². The van der Waals surface area contributed by atoms with Gasteiger partial charge < -0.3 is 19.7 Å². The molecule has 0 unspecified atom stereocenters. The molecule has 5 nitrogen and oxygen atoms in total. The molecule has 0 amide bonds. The Bertz CT molecular complexity index is 832. The van der Waals surface area contributed by atoms with E-state index in [2.05, 4.69) is 0 Å². The molecule has 0 aliphatic heterocycles. The molecular formula is C13H8O5. The molecule has 3 N–H and O–H groups in total. The van der Waals surface area contributed by atoms with Crippen molar-refractivity contribution in [3.8, 4) is 17.2 Å². The van der Waals surface area contributed by atoms with Gasteiger partial charge in [0, 0.05) is 0 Å². The molecule has 0 bridgehead atoms. The van der Waals surface area contributed by atoms with Crippen molar-refractivity contribution in [2.75, 3.05) is 0 Å². The molecule has 1 aromatic heterocycles. The first-order chi connectivity index (χ1) is 8.58. The van der Waals surface area contributed by atoms with Crippen molar-refractivity contribution in [2.45, 2.75) is 0 Å². The number of phenolic OH excluding ortho intramolecular Hbond substituents is 3. The third kappa shape index (κ3) is 1.31. The number of rotatable bonds is 0. The number of hydrogen-bond donors (Lipinski definition) is 3. The van der Waals surface area contributed by atoms with E-state index in [9.17, 15) is 20.1 Å². The minimum atomic E-state index is -0.504. The van der Waals surface area contributed by atoms with Crippen LogP contribution in [0.15, 0.2) is 39.5 Å². The van der Waals surface area contributed by atoms with E-state index in [1.807, 2.05) is 0 Å². The number of aromatic hydroxyl groups is 3. The molecule has 3 aromatic rings. The van der Waals surface area contributed by atoms with Crippen LogP contribution in [0.4, 0.5) is 0 Å². The smallest absolute Gasteiger partial charge is 0.204 e. The maximum atomic E-state index is 12.2. The summed E-state index contributed by atoms with van der Waals surface area (Å²) >= 11 is 0. The third-order valence-corrected chi connectivity index (χ3v) is 2.76. The molecule has 1 heterocycles. The second-order valence-corrected chi connectivity index (χ2v) is 3.92. The van der Waals surface area contributed by atoms with Crippen LogP contribution < -0.4 is 5.43 Å². The van der Waals surface area contributed by atoms with Gasteiger partial charge >= 0.3 is 0 Å². The Balaban J connectivity index is 2.65. The average Bonchev–Trinajstić information content (AvgIpc) is 2.35. The van der Waals surface area contributed by atoms with E-state index in [4.69, 9.17) is 4.42 Å². The summed E-state index contributed by atoms with van der Waals surface area (Å²) in [5, 5.41) is 28.7. The predicted molar refractivity (Wildman–Crippen MR) is 65.0 cm³/mol. The van der Waals surface area contributed by atoms with Crippen LogP contribution in [0.25, 0.3) is 21.9 Å². The summed E-state index contributed by atoms with van der Waals surface area (Å²) in [5.74, 6) is -0.578. The van der Waals surface area contributed by atoms with Crippen LogP contribution in [-0.2, 0) is 0 Å². The number of benzene rings is 2. The van der Waals surface area contributed by atoms with Gasteiger partial charge in [-0.1, -0.05) is 0 Å². The molecule has 3 rings (SSSR count). The van der Waals surface area contributed by atoms with Gasteiger partial charge in [0.25, 0.3) is 0 Å². The van der Waals surface area contributed by atoms with Gasteiger partial charge in [-0.3, -0.25) is 4.79 Å². The molecule has 0 fully saturated rings. The lowest BCUT2D eigenvalue weighted by Crippen LogP contribution is -2.02. The van der Waals surface area contributed by atoms with E-state index in [1.54, 1.807) is 0 Å². The second-order valence-electron chi connectivity index (χ2n) is 3.92. The molecule has 0 spiro atoms. The molecular weight excluding hydrogens is 236 g/mol. The quantitative estimate of drug-likeness (QED) is 0.416. The molecule has 18 heavy (non-hydrogen) atoms. The van der Waals surface area contributed by atoms with Crippen molar-refractivity contribution in [3.05, 3.63) is 40.6 Å². The topological polar surface area (TPSA) is 90.9 Å². The van der Waals surface area contributed by atoms with Crippen LogP contribution in [0.2, 0.25) is 0 Å². The second kappa shape index (κ2) is 3.40. The summed E-state index contributed by atoms with van der Waals surface area (Å²) in [6.07, 6.45) is 0. The lowest BCUT2D eigenvalue weighted by molar-refractivity contribution is 0.457. The lowest BCUT2D eigenvalue weighted by Gasteiger charge is -2.04. The Morgan fingerprint density at radius 3 is 2.44 bits per heavy atom. The van der Waals surface area contributed by atoms with E-state index < -0.39 is 5.43 Å². The Morgan fingerprint density at radius 1 is 0.944 bits per heavy atom. The summed E-state index contributed by atoms with van der Waals surface area (Å²) < 4.78 is 5.37. The normalized spacial score (nSPS) is 11.1. The van der Waals surface area contributed by atoms with Gasteiger partial charge in [-0.2, -0.15) is 0 Å². The van der Waals surface area contributed by atoms with E-state index in [-0.39, 0.29) is 39.2 Å². The van der Waals surface area contributed by atoms with Gasteiger partial charge in [-0.25, -0.2) is 0 Å². The molecule has 0 saturated heterocycles. The first kappa shape index (κ1) is 10.5. The minimum Gasteiger partial charge on any atom is -0.508 e. The zero-order valence-corrected chi connectivity index (χ0v) is 9.04. The van der Waals surface area contributed by atoms with Crippen molar-refractivity contribution in [1.29, 1.82) is 0 Å². The minimum absolute atomic E-state index is 0.0711. The van der Waals surface area contributed by atoms with E-state index in [1.165, 1.54) is 30.3 Å². The molecule has 0 aliphatic carbocycles. The first-order valence-corrected chi connectivity index (χ1v) is 5.18. The fraction of sp³-hybridized carbons (Fsp3) is 0. The maximum Gasteiger partial charge on any atom is 0.204 e. The summed E-state index contributed by atoms with van der Waals surface area (Å²) in [6, 6.07) is 6.51. The van der Waals surface area contributed by atoms with Crippen LogP contribution in [0.5, 0.6) is 17.2 Å². The monoisotopic (exact) mass is 244 g/mol. The lowest BCUT2D eigenvalue weighted by atomic mass is 10.1. The largest absolute Gasteiger partial charge is 0.508 e. The zero-order chi connectivity index (χ0) is 12.9. The molecule has 90 valence electrons. The first-order valence-electron chi connectivity index (χ1n) is 5.18. The highest BCUT2D eigenvalue weighted by molar-refractivity contribution is 5.95.